The Hall–Kier alpha value is -3.58. The highest BCUT2D eigenvalue weighted by Crippen LogP contribution is 2.33. The second-order valence-electron chi connectivity index (χ2n) is 5.06. The minimum absolute atomic E-state index is 0.132. The number of rotatable bonds is 6. The molecule has 0 unspecified atom stereocenters. The molecule has 142 valence electrons. The van der Waals surface area contributed by atoms with Crippen molar-refractivity contribution < 1.29 is 22.7 Å². The fraction of sp³-hybridized carbons (Fsp3) is 0.0714. The average Bonchev–Trinajstić information content (AvgIpc) is 2.59. The molecule has 2 aromatic rings. The van der Waals surface area contributed by atoms with Gasteiger partial charge in [0.1, 0.15) is 16.3 Å². The number of hydrogen-bond acceptors (Lipinski definition) is 8. The maximum Gasteiger partial charge on any atom is 0.316 e. The van der Waals surface area contributed by atoms with Crippen LogP contribution >= 0.6 is 0 Å². The smallest absolute Gasteiger partial charge is 0.316 e. The Balaban J connectivity index is 2.52. The van der Waals surface area contributed by atoms with Crippen LogP contribution in [0.2, 0.25) is 0 Å². The average molecular weight is 394 g/mol. The van der Waals surface area contributed by atoms with Crippen molar-refractivity contribution in [1.29, 1.82) is 0 Å². The van der Waals surface area contributed by atoms with Crippen molar-refractivity contribution in [2.75, 3.05) is 17.7 Å². The van der Waals surface area contributed by atoms with E-state index in [1.54, 1.807) is 13.1 Å². The zero-order valence-electron chi connectivity index (χ0n) is 13.8. The van der Waals surface area contributed by atoms with Crippen molar-refractivity contribution in [2.45, 2.75) is 4.90 Å². The van der Waals surface area contributed by atoms with E-state index in [2.05, 4.69) is 20.9 Å². The molecule has 13 heteroatoms. The largest absolute Gasteiger partial charge is 0.388 e. The third kappa shape index (κ3) is 4.96. The first kappa shape index (κ1) is 19.7. The number of non-ortho nitro benzene ring substituents is 1. The van der Waals surface area contributed by atoms with E-state index < -0.39 is 31.7 Å². The molecule has 2 aromatic carbocycles. The number of azo groups is 1. The van der Waals surface area contributed by atoms with Crippen LogP contribution in [-0.2, 0) is 10.1 Å². The SMILES string of the molecule is CNc1ccc(N=Nc2ccc([N+](=O)[O-])cc2S(=O)(=O)O)c(NC(N)=O)c1. The third-order valence-corrected chi connectivity index (χ3v) is 4.12. The molecule has 0 aliphatic heterocycles. The van der Waals surface area contributed by atoms with Gasteiger partial charge in [-0.15, -0.1) is 10.2 Å². The molecule has 27 heavy (non-hydrogen) atoms. The van der Waals surface area contributed by atoms with E-state index in [0.717, 1.165) is 12.1 Å². The van der Waals surface area contributed by atoms with E-state index in [-0.39, 0.29) is 17.1 Å². The van der Waals surface area contributed by atoms with Gasteiger partial charge in [0.05, 0.1) is 10.6 Å². The lowest BCUT2D eigenvalue weighted by atomic mass is 10.2. The molecule has 2 amide bonds. The molecule has 12 nitrogen and oxygen atoms in total. The zero-order chi connectivity index (χ0) is 20.2. The van der Waals surface area contributed by atoms with Gasteiger partial charge in [-0.1, -0.05) is 0 Å². The molecule has 0 saturated carbocycles. The van der Waals surface area contributed by atoms with Gasteiger partial charge in [-0.05, 0) is 24.3 Å². The van der Waals surface area contributed by atoms with Gasteiger partial charge in [0.15, 0.2) is 0 Å². The first-order valence-corrected chi connectivity index (χ1v) is 8.61. The fourth-order valence-electron chi connectivity index (χ4n) is 2.02. The summed E-state index contributed by atoms with van der Waals surface area (Å²) in [6.45, 7) is 0. The number of carbonyl (C=O) groups excluding carboxylic acids is 1. The van der Waals surface area contributed by atoms with E-state index in [9.17, 15) is 27.9 Å². The Morgan fingerprint density at radius 2 is 1.81 bits per heavy atom. The number of nitrogens with zero attached hydrogens (tertiary/aromatic N) is 3. The topological polar surface area (TPSA) is 189 Å². The van der Waals surface area contributed by atoms with Crippen molar-refractivity contribution in [1.82, 2.24) is 0 Å². The van der Waals surface area contributed by atoms with Crippen LogP contribution in [0.3, 0.4) is 0 Å². The number of nitrogens with two attached hydrogens (primary N) is 1. The standard InChI is InChI=1S/C14H14N6O6S/c1-16-8-2-4-10(12(6-8)17-14(15)21)18-19-11-5-3-9(20(22)23)7-13(11)27(24,25)26/h2-7,16H,1H3,(H3,15,17,21)(H,24,25,26). The predicted octanol–water partition coefficient (Wildman–Crippen LogP) is 2.79. The Bertz CT molecular complexity index is 1040. The quantitative estimate of drug-likeness (QED) is 0.250. The van der Waals surface area contributed by atoms with Crippen LogP contribution in [0.15, 0.2) is 51.5 Å². The van der Waals surface area contributed by atoms with E-state index >= 15 is 0 Å². The van der Waals surface area contributed by atoms with Crippen LogP contribution in [0.1, 0.15) is 0 Å². The Labute approximate surface area is 153 Å². The Morgan fingerprint density at radius 1 is 1.19 bits per heavy atom. The summed E-state index contributed by atoms with van der Waals surface area (Å²) >= 11 is 0. The Kier molecular flexibility index (Phi) is 5.67. The van der Waals surface area contributed by atoms with Crippen molar-refractivity contribution in [3.8, 4) is 0 Å². The molecule has 0 fully saturated rings. The summed E-state index contributed by atoms with van der Waals surface area (Å²) < 4.78 is 32.3. The maximum absolute atomic E-state index is 11.5. The van der Waals surface area contributed by atoms with Crippen LogP contribution in [0.4, 0.5) is 33.2 Å². The number of amides is 2. The minimum atomic E-state index is -4.79. The normalized spacial score (nSPS) is 11.3. The highest BCUT2D eigenvalue weighted by Gasteiger charge is 2.20. The minimum Gasteiger partial charge on any atom is -0.388 e. The van der Waals surface area contributed by atoms with Gasteiger partial charge in [0.2, 0.25) is 0 Å². The molecule has 0 saturated heterocycles. The number of carbonyl (C=O) groups is 1. The van der Waals surface area contributed by atoms with E-state index in [1.807, 2.05) is 0 Å². The molecule has 0 radical (unpaired) electrons. The molecule has 0 spiro atoms. The molecule has 0 bridgehead atoms. The highest BCUT2D eigenvalue weighted by atomic mass is 32.2. The van der Waals surface area contributed by atoms with Crippen LogP contribution in [0.25, 0.3) is 0 Å². The van der Waals surface area contributed by atoms with Gasteiger partial charge in [0.25, 0.3) is 15.8 Å². The monoisotopic (exact) mass is 394 g/mol. The molecule has 0 heterocycles. The summed E-state index contributed by atoms with van der Waals surface area (Å²) in [6, 6.07) is 6.44. The molecule has 0 aromatic heterocycles. The van der Waals surface area contributed by atoms with Gasteiger partial charge in [-0.3, -0.25) is 14.7 Å². The molecular weight excluding hydrogens is 380 g/mol. The van der Waals surface area contributed by atoms with Crippen molar-refractivity contribution in [3.05, 3.63) is 46.5 Å². The number of urea groups is 1. The third-order valence-electron chi connectivity index (χ3n) is 3.24. The summed E-state index contributed by atoms with van der Waals surface area (Å²) in [6.07, 6.45) is 0. The van der Waals surface area contributed by atoms with E-state index in [1.165, 1.54) is 12.1 Å². The van der Waals surface area contributed by atoms with Crippen LogP contribution in [0, 0.1) is 10.1 Å². The molecule has 0 atom stereocenters. The van der Waals surface area contributed by atoms with Crippen molar-refractivity contribution >= 4 is 44.6 Å². The first-order chi connectivity index (χ1) is 12.6. The van der Waals surface area contributed by atoms with Crippen LogP contribution in [-0.4, -0.2) is 31.0 Å². The number of nitrogens with one attached hydrogen (secondary N) is 2. The second-order valence-corrected chi connectivity index (χ2v) is 6.45. The van der Waals surface area contributed by atoms with Crippen molar-refractivity contribution in [3.63, 3.8) is 0 Å². The summed E-state index contributed by atoms with van der Waals surface area (Å²) in [7, 11) is -3.14. The first-order valence-electron chi connectivity index (χ1n) is 7.17. The van der Waals surface area contributed by atoms with Crippen LogP contribution < -0.4 is 16.4 Å². The van der Waals surface area contributed by atoms with Gasteiger partial charge < -0.3 is 16.4 Å². The summed E-state index contributed by atoms with van der Waals surface area (Å²) in [5, 5.41) is 23.5. The zero-order valence-corrected chi connectivity index (χ0v) is 14.6. The summed E-state index contributed by atoms with van der Waals surface area (Å²) in [4.78, 5) is 20.3. The maximum atomic E-state index is 11.5. The highest BCUT2D eigenvalue weighted by molar-refractivity contribution is 7.86. The summed E-state index contributed by atoms with van der Waals surface area (Å²) in [5.41, 5.74) is 5.18. The number of benzene rings is 2. The molecule has 5 N–H and O–H groups in total. The van der Waals surface area contributed by atoms with E-state index in [4.69, 9.17) is 5.73 Å². The number of anilines is 2. The lowest BCUT2D eigenvalue weighted by Gasteiger charge is -2.08. The van der Waals surface area contributed by atoms with E-state index in [0.29, 0.717) is 11.8 Å². The molecular formula is C14H14N6O6S. The van der Waals surface area contributed by atoms with Gasteiger partial charge in [-0.2, -0.15) is 8.42 Å². The van der Waals surface area contributed by atoms with Crippen molar-refractivity contribution in [2.24, 2.45) is 16.0 Å². The lowest BCUT2D eigenvalue weighted by molar-refractivity contribution is -0.385. The lowest BCUT2D eigenvalue weighted by Crippen LogP contribution is -2.19. The number of nitro groups is 1. The second kappa shape index (κ2) is 7.76. The number of nitro benzene ring substituents is 1. The Morgan fingerprint density at radius 3 is 2.37 bits per heavy atom. The van der Waals surface area contributed by atoms with Crippen LogP contribution in [0.5, 0.6) is 0 Å². The fourth-order valence-corrected chi connectivity index (χ4v) is 2.67. The van der Waals surface area contributed by atoms with Gasteiger partial charge in [-0.25, -0.2) is 4.79 Å². The molecule has 0 aliphatic rings. The van der Waals surface area contributed by atoms with Gasteiger partial charge in [0, 0.05) is 24.9 Å². The number of hydrogen-bond donors (Lipinski definition) is 4. The molecule has 2 rings (SSSR count). The molecule has 0 aliphatic carbocycles. The summed E-state index contributed by atoms with van der Waals surface area (Å²) in [5.74, 6) is 0. The number of primary amides is 1. The predicted molar refractivity (Wildman–Crippen MR) is 96.3 cm³/mol. The van der Waals surface area contributed by atoms with Gasteiger partial charge >= 0.3 is 6.03 Å².